The largest absolute Gasteiger partial charge is 0.383 e. The molecule has 0 aliphatic heterocycles. The van der Waals surface area contributed by atoms with Gasteiger partial charge in [0.2, 0.25) is 0 Å². The van der Waals surface area contributed by atoms with Crippen LogP contribution in [0.4, 0.5) is 17.3 Å². The van der Waals surface area contributed by atoms with E-state index in [2.05, 4.69) is 49.2 Å². The number of halogens is 1. The normalized spacial score (nSPS) is 11.3. The van der Waals surface area contributed by atoms with Crippen molar-refractivity contribution in [1.29, 1.82) is 0 Å². The monoisotopic (exact) mass is 473 g/mol. The molecule has 0 saturated carbocycles. The Hall–Kier alpha value is -3.75. The molecule has 3 aromatic heterocycles. The zero-order chi connectivity index (χ0) is 23.7. The van der Waals surface area contributed by atoms with Crippen molar-refractivity contribution in [3.05, 3.63) is 72.1 Å². The molecule has 9 heteroatoms. The molecule has 3 heterocycles. The summed E-state index contributed by atoms with van der Waals surface area (Å²) in [5, 5.41) is 9.77. The van der Waals surface area contributed by atoms with Crippen LogP contribution in [-0.2, 0) is 4.74 Å². The summed E-state index contributed by atoms with van der Waals surface area (Å²) in [6.45, 7) is 1.44. The van der Waals surface area contributed by atoms with E-state index in [1.54, 1.807) is 13.4 Å². The summed E-state index contributed by atoms with van der Waals surface area (Å²) in [5.41, 5.74) is 4.00. The molecule has 0 amide bonds. The Labute approximate surface area is 202 Å². The van der Waals surface area contributed by atoms with E-state index in [1.807, 2.05) is 55.0 Å². The van der Waals surface area contributed by atoms with Crippen LogP contribution in [0.2, 0.25) is 5.02 Å². The van der Waals surface area contributed by atoms with Crippen LogP contribution in [0.3, 0.4) is 0 Å². The van der Waals surface area contributed by atoms with Gasteiger partial charge in [0, 0.05) is 55.6 Å². The van der Waals surface area contributed by atoms with Crippen LogP contribution >= 0.6 is 11.6 Å². The molecule has 5 rings (SSSR count). The van der Waals surface area contributed by atoms with E-state index in [-0.39, 0.29) is 0 Å². The summed E-state index contributed by atoms with van der Waals surface area (Å²) >= 11 is 6.28. The number of aromatic nitrogens is 5. The second kappa shape index (κ2) is 9.24. The van der Waals surface area contributed by atoms with Gasteiger partial charge in [-0.2, -0.15) is 4.98 Å². The minimum Gasteiger partial charge on any atom is -0.383 e. The third-order valence-electron chi connectivity index (χ3n) is 5.85. The third-order valence-corrected chi connectivity index (χ3v) is 6.09. The van der Waals surface area contributed by atoms with E-state index in [4.69, 9.17) is 21.3 Å². The lowest BCUT2D eigenvalue weighted by Gasteiger charge is -2.21. The van der Waals surface area contributed by atoms with Gasteiger partial charge >= 0.3 is 0 Å². The van der Waals surface area contributed by atoms with Crippen molar-refractivity contribution >= 4 is 45.6 Å². The molecule has 0 aliphatic carbocycles. The Morgan fingerprint density at radius 1 is 1.03 bits per heavy atom. The van der Waals surface area contributed by atoms with Crippen LogP contribution in [0.25, 0.3) is 27.8 Å². The molecule has 0 N–H and O–H groups in total. The fourth-order valence-electron chi connectivity index (χ4n) is 3.92. The molecule has 0 saturated heterocycles. The molecule has 0 fully saturated rings. The molecule has 0 aliphatic rings. The van der Waals surface area contributed by atoms with Gasteiger partial charge in [-0.25, -0.2) is 4.98 Å². The number of rotatable bonds is 7. The number of benzene rings is 2. The minimum atomic E-state index is 0.519. The van der Waals surface area contributed by atoms with Gasteiger partial charge in [-0.1, -0.05) is 23.7 Å². The average Bonchev–Trinajstić information content (AvgIpc) is 3.35. The van der Waals surface area contributed by atoms with E-state index < -0.39 is 0 Å². The average molecular weight is 474 g/mol. The first-order valence-electron chi connectivity index (χ1n) is 10.8. The second-order valence-electron chi connectivity index (χ2n) is 8.03. The lowest BCUT2D eigenvalue weighted by Crippen LogP contribution is -2.22. The van der Waals surface area contributed by atoms with Crippen molar-refractivity contribution in [1.82, 2.24) is 24.6 Å². The number of pyridine rings is 1. The van der Waals surface area contributed by atoms with Gasteiger partial charge in [0.15, 0.2) is 0 Å². The summed E-state index contributed by atoms with van der Waals surface area (Å²) in [6.07, 6.45) is 3.55. The number of nitrogens with zero attached hydrogens (tertiary/aromatic N) is 7. The van der Waals surface area contributed by atoms with Gasteiger partial charge in [0.05, 0.1) is 12.1 Å². The topological polar surface area (TPSA) is 71.7 Å². The highest BCUT2D eigenvalue weighted by Gasteiger charge is 2.15. The maximum absolute atomic E-state index is 6.28. The highest BCUT2D eigenvalue weighted by Crippen LogP contribution is 2.33. The van der Waals surface area contributed by atoms with Crippen molar-refractivity contribution in [2.75, 3.05) is 44.2 Å². The van der Waals surface area contributed by atoms with Gasteiger partial charge in [0.1, 0.15) is 18.0 Å². The van der Waals surface area contributed by atoms with Crippen molar-refractivity contribution < 1.29 is 4.74 Å². The highest BCUT2D eigenvalue weighted by atomic mass is 35.5. The van der Waals surface area contributed by atoms with Crippen molar-refractivity contribution in [2.24, 2.45) is 0 Å². The van der Waals surface area contributed by atoms with Crippen molar-refractivity contribution in [3.63, 3.8) is 0 Å². The molecule has 172 valence electrons. The smallest absolute Gasteiger partial charge is 0.257 e. The summed E-state index contributed by atoms with van der Waals surface area (Å²) < 4.78 is 7.00. The Morgan fingerprint density at radius 2 is 1.91 bits per heavy atom. The molecule has 0 radical (unpaired) electrons. The van der Waals surface area contributed by atoms with Crippen LogP contribution in [0, 0.1) is 0 Å². The van der Waals surface area contributed by atoms with Gasteiger partial charge in [-0.3, -0.25) is 4.40 Å². The number of hydrogen-bond donors (Lipinski definition) is 0. The van der Waals surface area contributed by atoms with E-state index in [0.29, 0.717) is 17.4 Å². The second-order valence-corrected chi connectivity index (χ2v) is 8.46. The van der Waals surface area contributed by atoms with Crippen LogP contribution in [0.1, 0.15) is 0 Å². The molecule has 0 spiro atoms. The summed E-state index contributed by atoms with van der Waals surface area (Å²) in [6, 6.07) is 18.2. The number of anilines is 3. The Bertz CT molecular complexity index is 1450. The van der Waals surface area contributed by atoms with Crippen LogP contribution in [-0.4, -0.2) is 58.9 Å². The predicted octanol–water partition coefficient (Wildman–Crippen LogP) is 4.84. The molecule has 0 unspecified atom stereocenters. The minimum absolute atomic E-state index is 0.519. The Kier molecular flexibility index (Phi) is 6.00. The molecule has 2 aromatic carbocycles. The fourth-order valence-corrected chi connectivity index (χ4v) is 4.09. The first-order chi connectivity index (χ1) is 16.5. The Balaban J connectivity index is 1.49. The quantitative estimate of drug-likeness (QED) is 0.335. The highest BCUT2D eigenvalue weighted by molar-refractivity contribution is 6.31. The van der Waals surface area contributed by atoms with E-state index in [9.17, 15) is 0 Å². The van der Waals surface area contributed by atoms with Crippen LogP contribution < -0.4 is 9.80 Å². The van der Waals surface area contributed by atoms with Crippen molar-refractivity contribution in [2.45, 2.75) is 0 Å². The van der Waals surface area contributed by atoms with Gasteiger partial charge in [-0.15, -0.1) is 10.2 Å². The Morgan fingerprint density at radius 3 is 2.71 bits per heavy atom. The van der Waals surface area contributed by atoms with Crippen LogP contribution in [0.15, 0.2) is 67.1 Å². The SMILES string of the molecule is COCCN(C)c1ccc(-c2cccc(N(C)c3nc4nncn4c4cc(Cl)ccc34)c2)cn1. The number of hydrogen-bond acceptors (Lipinski definition) is 7. The molecular weight excluding hydrogens is 450 g/mol. The first kappa shape index (κ1) is 22.1. The molecule has 0 bridgehead atoms. The van der Waals surface area contributed by atoms with Crippen molar-refractivity contribution in [3.8, 4) is 11.1 Å². The molecule has 34 heavy (non-hydrogen) atoms. The number of likely N-dealkylation sites (N-methyl/N-ethyl adjacent to an activating group) is 1. The van der Waals surface area contributed by atoms with Crippen LogP contribution in [0.5, 0.6) is 0 Å². The van der Waals surface area contributed by atoms with Gasteiger partial charge in [-0.05, 0) is 48.0 Å². The number of methoxy groups -OCH3 is 1. The predicted molar refractivity (Wildman–Crippen MR) is 136 cm³/mol. The maximum atomic E-state index is 6.28. The number of fused-ring (bicyclic) bond motifs is 3. The maximum Gasteiger partial charge on any atom is 0.257 e. The summed E-state index contributed by atoms with van der Waals surface area (Å²) in [7, 11) is 5.70. The van der Waals surface area contributed by atoms with Gasteiger partial charge in [0.25, 0.3) is 5.78 Å². The molecular formula is C25H24ClN7O. The third kappa shape index (κ3) is 4.13. The van der Waals surface area contributed by atoms with E-state index in [0.717, 1.165) is 45.9 Å². The fraction of sp³-hybridized carbons (Fsp3) is 0.200. The molecule has 8 nitrogen and oxygen atoms in total. The van der Waals surface area contributed by atoms with E-state index >= 15 is 0 Å². The van der Waals surface area contributed by atoms with E-state index in [1.165, 1.54) is 0 Å². The number of ether oxygens (including phenoxy) is 1. The molecule has 0 atom stereocenters. The van der Waals surface area contributed by atoms with Gasteiger partial charge < -0.3 is 14.5 Å². The zero-order valence-corrected chi connectivity index (χ0v) is 19.9. The first-order valence-corrected chi connectivity index (χ1v) is 11.2. The zero-order valence-electron chi connectivity index (χ0n) is 19.2. The lowest BCUT2D eigenvalue weighted by atomic mass is 10.1. The lowest BCUT2D eigenvalue weighted by molar-refractivity contribution is 0.206. The summed E-state index contributed by atoms with van der Waals surface area (Å²) in [5.74, 6) is 2.20. The molecule has 5 aromatic rings. The summed E-state index contributed by atoms with van der Waals surface area (Å²) in [4.78, 5) is 13.5. The standard InChI is InChI=1S/C25H24ClN7O/c1-31(11-12-34-3)23-10-7-18(15-27-23)17-5-4-6-20(13-17)32(2)24-21-9-8-19(26)14-22(21)33-16-28-30-25(33)29-24/h4-10,13-16H,11-12H2,1-3H3.